The molecule has 2 fully saturated rings. The number of hydrogen-bond acceptors (Lipinski definition) is 6. The zero-order chi connectivity index (χ0) is 17.5. The molecule has 0 spiro atoms. The molecule has 0 bridgehead atoms. The van der Waals surface area contributed by atoms with Crippen molar-refractivity contribution in [2.24, 2.45) is 11.8 Å². The maximum Gasteiger partial charge on any atom is 0.338 e. The second-order valence-electron chi connectivity index (χ2n) is 7.45. The van der Waals surface area contributed by atoms with Crippen LogP contribution in [0.3, 0.4) is 0 Å². The van der Waals surface area contributed by atoms with Crippen LogP contribution < -0.4 is 0 Å². The summed E-state index contributed by atoms with van der Waals surface area (Å²) in [6, 6.07) is 0.000977. The molecule has 0 aromatic heterocycles. The molecular weight excluding hydrogens is 310 g/mol. The average Bonchev–Trinajstić information content (AvgIpc) is 3.12. The fraction of sp³-hybridized carbons (Fsp3) is 0.778. The molecule has 0 aliphatic carbocycles. The highest BCUT2D eigenvalue weighted by atomic mass is 16.6. The lowest BCUT2D eigenvalue weighted by Gasteiger charge is -2.32. The summed E-state index contributed by atoms with van der Waals surface area (Å²) in [4.78, 5) is 27.2. The second kappa shape index (κ2) is 6.48. The maximum absolute atomic E-state index is 12.6. The first kappa shape index (κ1) is 17.4. The number of ether oxygens (including phenoxy) is 2. The normalized spacial score (nSPS) is 40.9. The van der Waals surface area contributed by atoms with E-state index in [9.17, 15) is 14.7 Å². The van der Waals surface area contributed by atoms with Crippen LogP contribution in [0.4, 0.5) is 0 Å². The van der Waals surface area contributed by atoms with Crippen LogP contribution in [0.2, 0.25) is 0 Å². The van der Waals surface area contributed by atoms with Crippen molar-refractivity contribution in [1.82, 2.24) is 4.90 Å². The standard InChI is InChI=1S/C18H27NO5/c1-4-12-9-11(2)18(3,22)17(21)23-10-13-5-7-19-8-6-14(15(13)19)24-16(12)20/h5,11-12,14-15,22H,4,6-10H2,1-3H3/t11-,12+,14+,15+,18-/m0/s1. The van der Waals surface area contributed by atoms with E-state index in [4.69, 9.17) is 9.47 Å². The van der Waals surface area contributed by atoms with Gasteiger partial charge in [-0.3, -0.25) is 9.69 Å². The average molecular weight is 337 g/mol. The molecule has 0 aromatic carbocycles. The fourth-order valence-corrected chi connectivity index (χ4v) is 3.95. The largest absolute Gasteiger partial charge is 0.460 e. The summed E-state index contributed by atoms with van der Waals surface area (Å²) in [5.74, 6) is -1.54. The number of rotatable bonds is 1. The highest BCUT2D eigenvalue weighted by molar-refractivity contribution is 5.79. The van der Waals surface area contributed by atoms with Gasteiger partial charge in [-0.25, -0.2) is 4.79 Å². The summed E-state index contributed by atoms with van der Waals surface area (Å²) in [6.45, 7) is 6.99. The Labute approximate surface area is 142 Å². The van der Waals surface area contributed by atoms with Crippen LogP contribution in [0.15, 0.2) is 11.6 Å². The van der Waals surface area contributed by atoms with Crippen LogP contribution in [0.1, 0.15) is 40.0 Å². The van der Waals surface area contributed by atoms with Crippen molar-refractivity contribution in [2.75, 3.05) is 19.7 Å². The Morgan fingerprint density at radius 1 is 1.42 bits per heavy atom. The number of hydrogen-bond donors (Lipinski definition) is 1. The monoisotopic (exact) mass is 337 g/mol. The van der Waals surface area contributed by atoms with Gasteiger partial charge in [0.2, 0.25) is 0 Å². The minimum Gasteiger partial charge on any atom is -0.460 e. The first-order valence-corrected chi connectivity index (χ1v) is 8.87. The van der Waals surface area contributed by atoms with Crippen LogP contribution >= 0.6 is 0 Å². The van der Waals surface area contributed by atoms with Crippen molar-refractivity contribution in [3.05, 3.63) is 11.6 Å². The highest BCUT2D eigenvalue weighted by Crippen LogP contribution is 2.34. The lowest BCUT2D eigenvalue weighted by atomic mass is 9.82. The molecule has 0 saturated carbocycles. The Morgan fingerprint density at radius 3 is 2.88 bits per heavy atom. The van der Waals surface area contributed by atoms with E-state index in [1.54, 1.807) is 6.92 Å². The van der Waals surface area contributed by atoms with Crippen LogP contribution in [0.5, 0.6) is 0 Å². The molecule has 24 heavy (non-hydrogen) atoms. The Kier molecular flexibility index (Phi) is 4.71. The smallest absolute Gasteiger partial charge is 0.338 e. The molecule has 0 radical (unpaired) electrons. The van der Waals surface area contributed by atoms with Gasteiger partial charge < -0.3 is 14.6 Å². The number of cyclic esters (lactones) is 1. The number of aliphatic hydroxyl groups is 1. The van der Waals surface area contributed by atoms with Gasteiger partial charge >= 0.3 is 11.9 Å². The van der Waals surface area contributed by atoms with Crippen molar-refractivity contribution in [1.29, 1.82) is 0 Å². The summed E-state index contributed by atoms with van der Waals surface area (Å²) in [7, 11) is 0. The van der Waals surface area contributed by atoms with Crippen molar-refractivity contribution in [2.45, 2.75) is 57.8 Å². The molecule has 3 rings (SSSR count). The van der Waals surface area contributed by atoms with Crippen molar-refractivity contribution in [3.63, 3.8) is 0 Å². The topological polar surface area (TPSA) is 76.1 Å². The van der Waals surface area contributed by atoms with Crippen molar-refractivity contribution >= 4 is 11.9 Å². The van der Waals surface area contributed by atoms with Crippen LogP contribution in [0.25, 0.3) is 0 Å². The van der Waals surface area contributed by atoms with E-state index >= 15 is 0 Å². The van der Waals surface area contributed by atoms with E-state index in [2.05, 4.69) is 4.90 Å². The number of esters is 2. The molecule has 0 amide bonds. The minimum atomic E-state index is -1.61. The minimum absolute atomic E-state index is 0.000977. The molecule has 6 nitrogen and oxygen atoms in total. The Hall–Kier alpha value is -1.40. The molecular formula is C18H27NO5. The van der Waals surface area contributed by atoms with E-state index in [1.807, 2.05) is 13.0 Å². The molecule has 3 aliphatic heterocycles. The molecule has 3 aliphatic rings. The lowest BCUT2D eigenvalue weighted by molar-refractivity contribution is -0.171. The van der Waals surface area contributed by atoms with E-state index in [0.29, 0.717) is 12.8 Å². The first-order valence-electron chi connectivity index (χ1n) is 8.87. The Morgan fingerprint density at radius 2 is 2.17 bits per heavy atom. The summed E-state index contributed by atoms with van der Waals surface area (Å²) >= 11 is 0. The lowest BCUT2D eigenvalue weighted by Crippen LogP contribution is -2.46. The van der Waals surface area contributed by atoms with Crippen molar-refractivity contribution < 1.29 is 24.2 Å². The first-order chi connectivity index (χ1) is 11.3. The number of nitrogens with zero attached hydrogens (tertiary/aromatic N) is 1. The van der Waals surface area contributed by atoms with Gasteiger partial charge in [0.25, 0.3) is 0 Å². The van der Waals surface area contributed by atoms with E-state index in [0.717, 1.165) is 25.1 Å². The van der Waals surface area contributed by atoms with E-state index in [-0.39, 0.29) is 30.6 Å². The van der Waals surface area contributed by atoms with E-state index in [1.165, 1.54) is 6.92 Å². The molecule has 0 unspecified atom stereocenters. The van der Waals surface area contributed by atoms with Gasteiger partial charge in [0.1, 0.15) is 12.7 Å². The quantitative estimate of drug-likeness (QED) is 0.574. The summed E-state index contributed by atoms with van der Waals surface area (Å²) < 4.78 is 11.2. The van der Waals surface area contributed by atoms with Crippen molar-refractivity contribution in [3.8, 4) is 0 Å². The predicted molar refractivity (Wildman–Crippen MR) is 87.1 cm³/mol. The van der Waals surface area contributed by atoms with Crippen LogP contribution in [-0.4, -0.2) is 59.4 Å². The highest BCUT2D eigenvalue weighted by Gasteiger charge is 2.45. The third-order valence-corrected chi connectivity index (χ3v) is 5.89. The second-order valence-corrected chi connectivity index (χ2v) is 7.45. The molecule has 134 valence electrons. The molecule has 3 heterocycles. The maximum atomic E-state index is 12.6. The van der Waals surface area contributed by atoms with Gasteiger partial charge in [-0.1, -0.05) is 19.9 Å². The van der Waals surface area contributed by atoms with Crippen LogP contribution in [0, 0.1) is 11.8 Å². The molecule has 0 aromatic rings. The fourth-order valence-electron chi connectivity index (χ4n) is 3.95. The third kappa shape index (κ3) is 2.97. The Balaban J connectivity index is 1.88. The van der Waals surface area contributed by atoms with Gasteiger partial charge in [-0.15, -0.1) is 0 Å². The third-order valence-electron chi connectivity index (χ3n) is 5.89. The zero-order valence-electron chi connectivity index (χ0n) is 14.7. The van der Waals surface area contributed by atoms with Gasteiger partial charge in [0.05, 0.1) is 12.0 Å². The van der Waals surface area contributed by atoms with Gasteiger partial charge in [0.15, 0.2) is 5.60 Å². The SMILES string of the molecule is CC[C@@H]1C[C@H](C)[C@](C)(O)C(=O)OCC2=CCN3CC[C@@H](OC1=O)[C@@H]23. The summed E-state index contributed by atoms with van der Waals surface area (Å²) in [5, 5.41) is 10.6. The number of carbonyl (C=O) groups is 2. The van der Waals surface area contributed by atoms with Gasteiger partial charge in [-0.2, -0.15) is 0 Å². The molecule has 1 N–H and O–H groups in total. The molecule has 2 saturated heterocycles. The Bertz CT molecular complexity index is 556. The molecule has 5 atom stereocenters. The molecule has 6 heteroatoms. The summed E-state index contributed by atoms with van der Waals surface area (Å²) in [5.41, 5.74) is -0.642. The van der Waals surface area contributed by atoms with E-state index < -0.39 is 17.5 Å². The predicted octanol–water partition coefficient (Wildman–Crippen LogP) is 1.27. The van der Waals surface area contributed by atoms with Gasteiger partial charge in [0, 0.05) is 13.1 Å². The van der Waals surface area contributed by atoms with Crippen LogP contribution in [-0.2, 0) is 19.1 Å². The zero-order valence-corrected chi connectivity index (χ0v) is 14.7. The number of carbonyl (C=O) groups excluding carboxylic acids is 2. The summed E-state index contributed by atoms with van der Waals surface area (Å²) in [6.07, 6.45) is 3.71. The van der Waals surface area contributed by atoms with Gasteiger partial charge in [-0.05, 0) is 37.7 Å².